The molecule has 4 atom stereocenters. The Kier molecular flexibility index (Phi) is 9.81. The van der Waals surface area contributed by atoms with Crippen LogP contribution in [0.15, 0.2) is 6.33 Å². The molecule has 5 aliphatic rings. The van der Waals surface area contributed by atoms with Gasteiger partial charge in [0, 0.05) is 70.7 Å². The van der Waals surface area contributed by atoms with Gasteiger partial charge in [0.15, 0.2) is 0 Å². The standard InChI is InChI=1S/C35H55N5O4/c1-5-7-8-29-22-40(19-26-9-11-31(12-10-26)43-6-2)34(42)44-35(29)13-15-38(16-14-35)30-17-27-20-39(21-28(27)18-30)33(41)32-24(3)36-23-37-25(32)4/h23,26-31H,5-22H2,1-4H3/t26?,27-,28+,29-,30?,31?/m0/s1. The number of hydrogen-bond donors (Lipinski definition) is 0. The van der Waals surface area contributed by atoms with Gasteiger partial charge in [0.2, 0.25) is 0 Å². The minimum Gasteiger partial charge on any atom is -0.442 e. The molecule has 6 rings (SSSR count). The van der Waals surface area contributed by atoms with Crippen molar-refractivity contribution in [3.63, 3.8) is 0 Å². The normalized spacial score (nSPS) is 32.2. The molecule has 1 unspecified atom stereocenters. The van der Waals surface area contributed by atoms with Crippen LogP contribution in [0.25, 0.3) is 0 Å². The lowest BCUT2D eigenvalue weighted by Gasteiger charge is -2.52. The van der Waals surface area contributed by atoms with E-state index >= 15 is 0 Å². The van der Waals surface area contributed by atoms with E-state index in [1.165, 1.54) is 12.8 Å². The van der Waals surface area contributed by atoms with Crippen LogP contribution < -0.4 is 0 Å². The number of aryl methyl sites for hydroxylation is 2. The van der Waals surface area contributed by atoms with Gasteiger partial charge in [0.05, 0.1) is 23.1 Å². The number of rotatable bonds is 9. The molecule has 3 aliphatic heterocycles. The predicted octanol–water partition coefficient (Wildman–Crippen LogP) is 5.63. The molecule has 1 aromatic rings. The number of nitrogens with zero attached hydrogens (tertiary/aromatic N) is 5. The van der Waals surface area contributed by atoms with Crippen LogP contribution in [0.5, 0.6) is 0 Å². The van der Waals surface area contributed by atoms with Gasteiger partial charge < -0.3 is 24.2 Å². The molecule has 2 saturated carbocycles. The van der Waals surface area contributed by atoms with E-state index in [2.05, 4.69) is 33.6 Å². The minimum atomic E-state index is -0.308. The monoisotopic (exact) mass is 609 g/mol. The second-order valence-electron chi connectivity index (χ2n) is 14.6. The van der Waals surface area contributed by atoms with Crippen molar-refractivity contribution in [2.75, 3.05) is 45.9 Å². The maximum absolute atomic E-state index is 13.5. The molecule has 9 nitrogen and oxygen atoms in total. The lowest BCUT2D eigenvalue weighted by atomic mass is 9.75. The number of carbonyl (C=O) groups is 2. The summed E-state index contributed by atoms with van der Waals surface area (Å²) in [6, 6.07) is 0.569. The molecule has 1 aromatic heterocycles. The van der Waals surface area contributed by atoms with Crippen LogP contribution in [0.4, 0.5) is 4.79 Å². The van der Waals surface area contributed by atoms with Crippen LogP contribution in [-0.2, 0) is 9.47 Å². The number of fused-ring (bicyclic) bond motifs is 1. The molecule has 9 heteroatoms. The number of hydrogen-bond acceptors (Lipinski definition) is 7. The summed E-state index contributed by atoms with van der Waals surface area (Å²) >= 11 is 0. The fourth-order valence-corrected chi connectivity index (χ4v) is 9.38. The van der Waals surface area contributed by atoms with E-state index < -0.39 is 0 Å². The molecular formula is C35H55N5O4. The largest absolute Gasteiger partial charge is 0.442 e. The summed E-state index contributed by atoms with van der Waals surface area (Å²) in [5, 5.41) is 0. The lowest BCUT2D eigenvalue weighted by molar-refractivity contribution is -0.126. The van der Waals surface area contributed by atoms with Gasteiger partial charge in [0.1, 0.15) is 11.9 Å². The molecule has 1 spiro atoms. The van der Waals surface area contributed by atoms with Crippen molar-refractivity contribution in [3.8, 4) is 0 Å². The van der Waals surface area contributed by atoms with Crippen molar-refractivity contribution in [3.05, 3.63) is 23.3 Å². The summed E-state index contributed by atoms with van der Waals surface area (Å²) in [4.78, 5) is 42.2. The zero-order valence-corrected chi connectivity index (χ0v) is 27.6. The molecule has 3 saturated heterocycles. The van der Waals surface area contributed by atoms with Crippen molar-refractivity contribution < 1.29 is 19.1 Å². The van der Waals surface area contributed by atoms with Gasteiger partial charge in [0.25, 0.3) is 5.91 Å². The smallest absolute Gasteiger partial charge is 0.410 e. The molecule has 244 valence electrons. The first-order valence-electron chi connectivity index (χ1n) is 17.7. The molecule has 44 heavy (non-hydrogen) atoms. The SMILES string of the molecule is CCCC[C@H]1CN(CC2CCC(OCC)CC2)C(=O)OC12CCN(C1C[C@@H]3CN(C(=O)c4c(C)ncnc4C)C[C@@H]3C1)CC2. The number of ether oxygens (including phenoxy) is 2. The Balaban J connectivity index is 1.02. The number of amides is 2. The molecule has 5 fully saturated rings. The minimum absolute atomic E-state index is 0.0763. The number of piperidine rings is 1. The van der Waals surface area contributed by atoms with Crippen LogP contribution in [0.1, 0.15) is 106 Å². The zero-order valence-electron chi connectivity index (χ0n) is 27.6. The summed E-state index contributed by atoms with van der Waals surface area (Å²) in [5.41, 5.74) is 1.91. The molecule has 0 radical (unpaired) electrons. The lowest BCUT2D eigenvalue weighted by Crippen LogP contribution is -2.61. The van der Waals surface area contributed by atoms with Crippen LogP contribution in [0.2, 0.25) is 0 Å². The zero-order chi connectivity index (χ0) is 30.8. The molecule has 0 N–H and O–H groups in total. The Morgan fingerprint density at radius 2 is 1.66 bits per heavy atom. The fraction of sp³-hybridized carbons (Fsp3) is 0.829. The first-order valence-corrected chi connectivity index (χ1v) is 17.7. The van der Waals surface area contributed by atoms with E-state index in [0.717, 1.165) is 115 Å². The van der Waals surface area contributed by atoms with Crippen molar-refractivity contribution >= 4 is 12.0 Å². The van der Waals surface area contributed by atoms with Crippen LogP contribution in [-0.4, -0.2) is 100 Å². The van der Waals surface area contributed by atoms with E-state index in [0.29, 0.717) is 41.4 Å². The summed E-state index contributed by atoms with van der Waals surface area (Å²) < 4.78 is 12.4. The maximum Gasteiger partial charge on any atom is 0.410 e. The average molecular weight is 610 g/mol. The second kappa shape index (κ2) is 13.6. The highest BCUT2D eigenvalue weighted by Gasteiger charge is 2.52. The van der Waals surface area contributed by atoms with E-state index in [1.54, 1.807) is 6.33 Å². The van der Waals surface area contributed by atoms with Crippen molar-refractivity contribution in [2.45, 2.75) is 116 Å². The maximum atomic E-state index is 13.5. The molecular weight excluding hydrogens is 554 g/mol. The van der Waals surface area contributed by atoms with Gasteiger partial charge in [-0.2, -0.15) is 0 Å². The third-order valence-corrected chi connectivity index (χ3v) is 11.9. The first-order chi connectivity index (χ1) is 21.3. The number of unbranched alkanes of at least 4 members (excludes halogenated alkanes) is 1. The van der Waals surface area contributed by atoms with E-state index in [1.807, 2.05) is 18.7 Å². The third kappa shape index (κ3) is 6.51. The Bertz CT molecular complexity index is 1130. The second-order valence-corrected chi connectivity index (χ2v) is 14.6. The van der Waals surface area contributed by atoms with Crippen molar-refractivity contribution in [2.24, 2.45) is 23.7 Å². The highest BCUT2D eigenvalue weighted by molar-refractivity contribution is 5.96. The van der Waals surface area contributed by atoms with Gasteiger partial charge in [-0.3, -0.25) is 4.79 Å². The summed E-state index contributed by atoms with van der Waals surface area (Å²) in [5.74, 6) is 2.19. The number of carbonyl (C=O) groups excluding carboxylic acids is 2. The highest BCUT2D eigenvalue weighted by atomic mass is 16.6. The highest BCUT2D eigenvalue weighted by Crippen LogP contribution is 2.45. The van der Waals surface area contributed by atoms with Crippen LogP contribution >= 0.6 is 0 Å². The first kappa shape index (κ1) is 31.7. The Morgan fingerprint density at radius 3 is 2.27 bits per heavy atom. The quantitative estimate of drug-likeness (QED) is 0.359. The van der Waals surface area contributed by atoms with Crippen molar-refractivity contribution in [1.29, 1.82) is 0 Å². The molecule has 4 heterocycles. The van der Waals surface area contributed by atoms with Gasteiger partial charge in [-0.25, -0.2) is 14.8 Å². The van der Waals surface area contributed by atoms with E-state index in [9.17, 15) is 9.59 Å². The Hall–Kier alpha value is -2.26. The van der Waals surface area contributed by atoms with E-state index in [4.69, 9.17) is 9.47 Å². The number of aromatic nitrogens is 2. The molecule has 2 aliphatic carbocycles. The van der Waals surface area contributed by atoms with Gasteiger partial charge in [-0.15, -0.1) is 0 Å². The number of likely N-dealkylation sites (tertiary alicyclic amines) is 2. The van der Waals surface area contributed by atoms with Crippen LogP contribution in [0, 0.1) is 37.5 Å². The van der Waals surface area contributed by atoms with Gasteiger partial charge >= 0.3 is 6.09 Å². The Morgan fingerprint density at radius 1 is 1.00 bits per heavy atom. The summed E-state index contributed by atoms with van der Waals surface area (Å²) in [7, 11) is 0. The summed E-state index contributed by atoms with van der Waals surface area (Å²) in [6.07, 6.45) is 14.1. The van der Waals surface area contributed by atoms with Crippen LogP contribution in [0.3, 0.4) is 0 Å². The van der Waals surface area contributed by atoms with Crippen molar-refractivity contribution in [1.82, 2.24) is 24.7 Å². The topological polar surface area (TPSA) is 88.1 Å². The summed E-state index contributed by atoms with van der Waals surface area (Å²) in [6.45, 7) is 14.3. The third-order valence-electron chi connectivity index (χ3n) is 11.9. The Labute approximate surface area is 264 Å². The van der Waals surface area contributed by atoms with E-state index in [-0.39, 0.29) is 17.6 Å². The molecule has 2 amide bonds. The fourth-order valence-electron chi connectivity index (χ4n) is 9.38. The predicted molar refractivity (Wildman–Crippen MR) is 169 cm³/mol. The molecule has 0 aromatic carbocycles. The average Bonchev–Trinajstić information content (AvgIpc) is 3.59. The van der Waals surface area contributed by atoms with Gasteiger partial charge in [-0.05, 0) is 83.5 Å². The van der Waals surface area contributed by atoms with Gasteiger partial charge in [-0.1, -0.05) is 19.8 Å². The molecule has 0 bridgehead atoms.